The van der Waals surface area contributed by atoms with E-state index in [0.717, 1.165) is 11.1 Å². The predicted octanol–water partition coefficient (Wildman–Crippen LogP) is 2.71. The number of nitrogens with one attached hydrogen (secondary N) is 3. The van der Waals surface area contributed by atoms with Crippen molar-refractivity contribution in [2.45, 2.75) is 6.92 Å². The van der Waals surface area contributed by atoms with Crippen molar-refractivity contribution in [2.75, 3.05) is 23.7 Å². The highest BCUT2D eigenvalue weighted by Crippen LogP contribution is 2.13. The molecule has 9 nitrogen and oxygen atoms in total. The Morgan fingerprint density at radius 3 is 2.37 bits per heavy atom. The molecule has 0 aliphatic rings. The third-order valence-electron chi connectivity index (χ3n) is 4.28. The largest absolute Gasteiger partial charge is 0.367 e. The maximum atomic E-state index is 12.3. The minimum absolute atomic E-state index is 0.166. The van der Waals surface area contributed by atoms with Crippen LogP contribution in [0.15, 0.2) is 61.1 Å². The molecule has 3 aromatic heterocycles. The Labute approximate surface area is 173 Å². The van der Waals surface area contributed by atoms with Crippen molar-refractivity contribution < 1.29 is 4.79 Å². The summed E-state index contributed by atoms with van der Waals surface area (Å²) in [6.45, 7) is 2.93. The first kappa shape index (κ1) is 19.2. The quantitative estimate of drug-likeness (QED) is 0.405. The van der Waals surface area contributed by atoms with Crippen LogP contribution in [0.1, 0.15) is 15.9 Å². The first-order chi connectivity index (χ1) is 14.7. The number of aromatic nitrogens is 5. The second kappa shape index (κ2) is 8.91. The van der Waals surface area contributed by atoms with Crippen molar-refractivity contribution in [1.82, 2.24) is 30.5 Å². The van der Waals surface area contributed by atoms with Gasteiger partial charge in [-0.2, -0.15) is 0 Å². The van der Waals surface area contributed by atoms with Crippen molar-refractivity contribution in [1.29, 1.82) is 0 Å². The normalized spacial score (nSPS) is 10.6. The van der Waals surface area contributed by atoms with E-state index in [1.807, 2.05) is 31.2 Å². The molecule has 0 saturated heterocycles. The number of nitrogens with zero attached hydrogens (tertiary/aromatic N) is 5. The van der Waals surface area contributed by atoms with Gasteiger partial charge in [0, 0.05) is 37.2 Å². The average Bonchev–Trinajstić information content (AvgIpc) is 2.79. The molecule has 0 atom stereocenters. The zero-order chi connectivity index (χ0) is 20.8. The van der Waals surface area contributed by atoms with Gasteiger partial charge < -0.3 is 16.0 Å². The number of carbonyl (C=O) groups excluding carboxylic acids is 1. The second-order valence-corrected chi connectivity index (χ2v) is 6.59. The van der Waals surface area contributed by atoms with Crippen LogP contribution in [0, 0.1) is 6.92 Å². The molecule has 0 saturated carbocycles. The molecule has 0 spiro atoms. The zero-order valence-electron chi connectivity index (χ0n) is 16.3. The van der Waals surface area contributed by atoms with Gasteiger partial charge in [-0.3, -0.25) is 14.8 Å². The fraction of sp³-hybridized carbons (Fsp3) is 0.143. The Balaban J connectivity index is 1.24. The fourth-order valence-corrected chi connectivity index (χ4v) is 2.74. The molecule has 0 radical (unpaired) electrons. The van der Waals surface area contributed by atoms with E-state index in [4.69, 9.17) is 0 Å². The predicted molar refractivity (Wildman–Crippen MR) is 115 cm³/mol. The van der Waals surface area contributed by atoms with Gasteiger partial charge >= 0.3 is 0 Å². The van der Waals surface area contributed by atoms with Crippen molar-refractivity contribution in [3.63, 3.8) is 0 Å². The van der Waals surface area contributed by atoms with Gasteiger partial charge in [0.1, 0.15) is 11.6 Å². The zero-order valence-corrected chi connectivity index (χ0v) is 16.3. The minimum Gasteiger partial charge on any atom is -0.367 e. The first-order valence-electron chi connectivity index (χ1n) is 9.44. The highest BCUT2D eigenvalue weighted by molar-refractivity contribution is 5.97. The Hall–Kier alpha value is -4.14. The topological polar surface area (TPSA) is 118 Å². The molecular formula is C21H20N8O. The van der Waals surface area contributed by atoms with Gasteiger partial charge in [-0.15, -0.1) is 10.2 Å². The number of pyridine rings is 1. The summed E-state index contributed by atoms with van der Waals surface area (Å²) >= 11 is 0. The molecule has 0 aliphatic heterocycles. The van der Waals surface area contributed by atoms with Crippen LogP contribution < -0.4 is 16.0 Å². The van der Waals surface area contributed by atoms with Gasteiger partial charge in [-0.05, 0) is 48.9 Å². The Kier molecular flexibility index (Phi) is 5.70. The lowest BCUT2D eigenvalue weighted by Crippen LogP contribution is -2.28. The lowest BCUT2D eigenvalue weighted by Gasteiger charge is -2.08. The summed E-state index contributed by atoms with van der Waals surface area (Å²) in [7, 11) is 0. The Morgan fingerprint density at radius 1 is 0.833 bits per heavy atom. The highest BCUT2D eigenvalue weighted by Gasteiger charge is 2.07. The van der Waals surface area contributed by atoms with E-state index in [1.165, 1.54) is 0 Å². The third-order valence-corrected chi connectivity index (χ3v) is 4.28. The first-order valence-corrected chi connectivity index (χ1v) is 9.44. The van der Waals surface area contributed by atoms with Crippen molar-refractivity contribution in [2.24, 2.45) is 0 Å². The lowest BCUT2D eigenvalue weighted by molar-refractivity contribution is 0.0955. The van der Waals surface area contributed by atoms with Crippen LogP contribution in [0.2, 0.25) is 0 Å². The number of anilines is 3. The Bertz CT molecular complexity index is 1150. The van der Waals surface area contributed by atoms with Crippen molar-refractivity contribution >= 4 is 34.4 Å². The van der Waals surface area contributed by atoms with Crippen LogP contribution in [-0.2, 0) is 0 Å². The molecule has 3 N–H and O–H groups in total. The number of rotatable bonds is 7. The molecule has 0 aliphatic carbocycles. The summed E-state index contributed by atoms with van der Waals surface area (Å²) in [4.78, 5) is 25.0. The van der Waals surface area contributed by atoms with Crippen LogP contribution >= 0.6 is 0 Å². The summed E-state index contributed by atoms with van der Waals surface area (Å²) < 4.78 is 0. The number of aryl methyl sites for hydroxylation is 1. The van der Waals surface area contributed by atoms with E-state index in [-0.39, 0.29) is 5.91 Å². The van der Waals surface area contributed by atoms with E-state index >= 15 is 0 Å². The number of carbonyl (C=O) groups is 1. The molecular weight excluding hydrogens is 380 g/mol. The summed E-state index contributed by atoms with van der Waals surface area (Å²) in [6.07, 6.45) is 5.01. The van der Waals surface area contributed by atoms with Crippen LogP contribution in [0.3, 0.4) is 0 Å². The summed E-state index contributed by atoms with van der Waals surface area (Å²) in [5.74, 6) is 1.76. The van der Waals surface area contributed by atoms with Crippen LogP contribution in [0.25, 0.3) is 11.0 Å². The molecule has 1 aromatic carbocycles. The Morgan fingerprint density at radius 2 is 1.60 bits per heavy atom. The summed E-state index contributed by atoms with van der Waals surface area (Å²) in [5.41, 5.74) is 3.08. The van der Waals surface area contributed by atoms with Gasteiger partial charge in [-0.25, -0.2) is 4.98 Å². The molecule has 30 heavy (non-hydrogen) atoms. The van der Waals surface area contributed by atoms with Gasteiger partial charge in [0.15, 0.2) is 5.82 Å². The molecule has 4 aromatic rings. The third kappa shape index (κ3) is 4.82. The molecule has 0 fully saturated rings. The number of benzene rings is 1. The SMILES string of the molecule is Cc1ccc(Nc2ccc(NCCNC(=O)c3ccc4nccnc4c3)nn2)nc1. The van der Waals surface area contributed by atoms with Gasteiger partial charge in [0.25, 0.3) is 5.91 Å². The number of hydrogen-bond acceptors (Lipinski definition) is 8. The monoisotopic (exact) mass is 400 g/mol. The van der Waals surface area contributed by atoms with Crippen molar-refractivity contribution in [3.8, 4) is 0 Å². The summed E-state index contributed by atoms with van der Waals surface area (Å²) in [5, 5.41) is 17.3. The molecule has 150 valence electrons. The molecule has 1 amide bonds. The average molecular weight is 400 g/mol. The van der Waals surface area contributed by atoms with E-state index in [2.05, 4.69) is 41.1 Å². The maximum Gasteiger partial charge on any atom is 0.251 e. The van der Waals surface area contributed by atoms with Crippen molar-refractivity contribution in [3.05, 3.63) is 72.2 Å². The number of fused-ring (bicyclic) bond motifs is 1. The highest BCUT2D eigenvalue weighted by atomic mass is 16.1. The van der Waals surface area contributed by atoms with Gasteiger partial charge in [0.05, 0.1) is 11.0 Å². The molecule has 0 bridgehead atoms. The van der Waals surface area contributed by atoms with Crippen LogP contribution in [0.5, 0.6) is 0 Å². The molecule has 0 unspecified atom stereocenters. The smallest absolute Gasteiger partial charge is 0.251 e. The summed E-state index contributed by atoms with van der Waals surface area (Å²) in [6, 6.07) is 12.7. The lowest BCUT2D eigenvalue weighted by atomic mass is 10.2. The van der Waals surface area contributed by atoms with E-state index in [9.17, 15) is 4.79 Å². The van der Waals surface area contributed by atoms with E-state index in [1.54, 1.807) is 36.8 Å². The van der Waals surface area contributed by atoms with Crippen LogP contribution in [-0.4, -0.2) is 44.1 Å². The minimum atomic E-state index is -0.166. The van der Waals surface area contributed by atoms with E-state index < -0.39 is 0 Å². The number of amides is 1. The molecule has 4 rings (SSSR count). The maximum absolute atomic E-state index is 12.3. The fourth-order valence-electron chi connectivity index (χ4n) is 2.74. The van der Waals surface area contributed by atoms with Gasteiger partial charge in [0.2, 0.25) is 0 Å². The second-order valence-electron chi connectivity index (χ2n) is 6.59. The van der Waals surface area contributed by atoms with Gasteiger partial charge in [-0.1, -0.05) is 6.07 Å². The molecule has 9 heteroatoms. The van der Waals surface area contributed by atoms with Crippen LogP contribution in [0.4, 0.5) is 17.5 Å². The standard InChI is InChI=1S/C21H20N8O/c1-14-2-5-18(26-13-14)27-20-7-6-19(28-29-20)24-10-11-25-21(30)15-3-4-16-17(12-15)23-9-8-22-16/h2-9,12-13H,10-11H2,1H3,(H,24,28)(H,25,30)(H,26,27,29). The van der Waals surface area contributed by atoms with E-state index in [0.29, 0.717) is 41.6 Å². The number of hydrogen-bond donors (Lipinski definition) is 3. The molecule has 3 heterocycles.